The third-order valence-corrected chi connectivity index (χ3v) is 5.61. The van der Waals surface area contributed by atoms with Crippen molar-refractivity contribution in [3.8, 4) is 0 Å². The summed E-state index contributed by atoms with van der Waals surface area (Å²) >= 11 is 3.47. The van der Waals surface area contributed by atoms with Crippen LogP contribution < -0.4 is 5.32 Å². The molecule has 1 N–H and O–H groups in total. The average Bonchev–Trinajstić information content (AvgIpc) is 2.34. The first-order valence-electron chi connectivity index (χ1n) is 7.50. The van der Waals surface area contributed by atoms with Crippen molar-refractivity contribution in [3.05, 3.63) is 34.3 Å². The zero-order valence-corrected chi connectivity index (χ0v) is 13.9. The van der Waals surface area contributed by atoms with E-state index in [0.717, 1.165) is 22.9 Å². The Kier molecular flexibility index (Phi) is 3.68. The Bertz CT molecular complexity index is 590. The van der Waals surface area contributed by atoms with E-state index in [-0.39, 0.29) is 23.1 Å². The Morgan fingerprint density at radius 2 is 2.00 bits per heavy atom. The lowest BCUT2D eigenvalue weighted by Crippen LogP contribution is -2.56. The molecule has 1 unspecified atom stereocenters. The second-order valence-corrected chi connectivity index (χ2v) is 7.77. The summed E-state index contributed by atoms with van der Waals surface area (Å²) in [7, 11) is 0. The molecule has 1 saturated heterocycles. The lowest BCUT2D eigenvalue weighted by atomic mass is 9.50. The fourth-order valence-electron chi connectivity index (χ4n) is 3.98. The molecule has 1 aromatic carbocycles. The largest absolute Gasteiger partial charge is 0.296 e. The van der Waals surface area contributed by atoms with Crippen LogP contribution in [0, 0.1) is 17.3 Å². The van der Waals surface area contributed by atoms with Gasteiger partial charge in [0.1, 0.15) is 0 Å². The second kappa shape index (κ2) is 5.24. The highest BCUT2D eigenvalue weighted by molar-refractivity contribution is 9.10. The maximum absolute atomic E-state index is 12.5. The fourth-order valence-corrected chi connectivity index (χ4v) is 4.40. The first-order valence-corrected chi connectivity index (χ1v) is 8.30. The number of amides is 2. The van der Waals surface area contributed by atoms with Crippen molar-refractivity contribution in [2.75, 3.05) is 0 Å². The van der Waals surface area contributed by atoms with E-state index in [1.165, 1.54) is 0 Å². The summed E-state index contributed by atoms with van der Waals surface area (Å²) in [5.41, 5.74) is 0.839. The van der Waals surface area contributed by atoms with Crippen molar-refractivity contribution in [2.45, 2.75) is 39.0 Å². The molecule has 1 atom stereocenters. The lowest BCUT2D eigenvalue weighted by molar-refractivity contribution is -0.147. The summed E-state index contributed by atoms with van der Waals surface area (Å²) in [5.74, 6) is 0.778. The molecular weight excluding hydrogens is 330 g/mol. The minimum absolute atomic E-state index is 0.117. The Labute approximate surface area is 133 Å². The summed E-state index contributed by atoms with van der Waals surface area (Å²) in [6, 6.07) is 7.91. The number of rotatable bonds is 2. The van der Waals surface area contributed by atoms with Crippen molar-refractivity contribution >= 4 is 27.7 Å². The SMILES string of the molecule is CC(C)C1CC2(CC(=O)NC(=O)C2c2cccc(Br)c2)C1. The van der Waals surface area contributed by atoms with Gasteiger partial charge in [0.05, 0.1) is 5.92 Å². The number of nitrogens with one attached hydrogen (secondary N) is 1. The molecule has 21 heavy (non-hydrogen) atoms. The van der Waals surface area contributed by atoms with E-state index in [1.54, 1.807) is 0 Å². The Hall–Kier alpha value is -1.16. The quantitative estimate of drug-likeness (QED) is 0.828. The summed E-state index contributed by atoms with van der Waals surface area (Å²) in [6.45, 7) is 4.44. The number of piperidine rings is 1. The van der Waals surface area contributed by atoms with Crippen molar-refractivity contribution < 1.29 is 9.59 Å². The molecule has 2 fully saturated rings. The molecule has 3 nitrogen and oxygen atoms in total. The van der Waals surface area contributed by atoms with Crippen LogP contribution in [0.4, 0.5) is 0 Å². The Morgan fingerprint density at radius 1 is 1.29 bits per heavy atom. The van der Waals surface area contributed by atoms with Gasteiger partial charge in [0.2, 0.25) is 11.8 Å². The number of imide groups is 1. The summed E-state index contributed by atoms with van der Waals surface area (Å²) in [5, 5.41) is 2.52. The van der Waals surface area contributed by atoms with Crippen LogP contribution in [0.25, 0.3) is 0 Å². The Balaban J connectivity index is 1.95. The van der Waals surface area contributed by atoms with Crippen molar-refractivity contribution in [2.24, 2.45) is 17.3 Å². The van der Waals surface area contributed by atoms with E-state index in [0.29, 0.717) is 18.3 Å². The van der Waals surface area contributed by atoms with Gasteiger partial charge < -0.3 is 0 Å². The van der Waals surface area contributed by atoms with Crippen molar-refractivity contribution in [1.29, 1.82) is 0 Å². The van der Waals surface area contributed by atoms with Gasteiger partial charge in [0, 0.05) is 10.9 Å². The smallest absolute Gasteiger partial charge is 0.234 e. The molecule has 1 aliphatic heterocycles. The number of carbonyl (C=O) groups excluding carboxylic acids is 2. The summed E-state index contributed by atoms with van der Waals surface area (Å²) < 4.78 is 0.972. The van der Waals surface area contributed by atoms with E-state index in [4.69, 9.17) is 0 Å². The fraction of sp³-hybridized carbons (Fsp3) is 0.529. The molecule has 1 aliphatic carbocycles. The third-order valence-electron chi connectivity index (χ3n) is 5.11. The molecule has 2 amide bonds. The zero-order chi connectivity index (χ0) is 15.2. The van der Waals surface area contributed by atoms with E-state index >= 15 is 0 Å². The van der Waals surface area contributed by atoms with Crippen molar-refractivity contribution in [1.82, 2.24) is 5.32 Å². The van der Waals surface area contributed by atoms with Gasteiger partial charge in [-0.2, -0.15) is 0 Å². The van der Waals surface area contributed by atoms with Gasteiger partial charge in [0.25, 0.3) is 0 Å². The molecule has 3 rings (SSSR count). The first kappa shape index (κ1) is 14.8. The summed E-state index contributed by atoms with van der Waals surface area (Å²) in [4.78, 5) is 24.3. The van der Waals surface area contributed by atoms with Crippen LogP contribution in [0.5, 0.6) is 0 Å². The minimum Gasteiger partial charge on any atom is -0.296 e. The predicted molar refractivity (Wildman–Crippen MR) is 84.6 cm³/mol. The number of halogens is 1. The maximum Gasteiger partial charge on any atom is 0.234 e. The number of hydrogen-bond acceptors (Lipinski definition) is 2. The molecule has 2 aliphatic rings. The second-order valence-electron chi connectivity index (χ2n) is 6.85. The van der Waals surface area contributed by atoms with Gasteiger partial charge in [-0.1, -0.05) is 41.9 Å². The average molecular weight is 350 g/mol. The molecule has 0 radical (unpaired) electrons. The lowest BCUT2D eigenvalue weighted by Gasteiger charge is -2.55. The molecule has 0 bridgehead atoms. The van der Waals surface area contributed by atoms with Crippen LogP contribution in [-0.4, -0.2) is 11.8 Å². The molecule has 1 aromatic rings. The highest BCUT2D eigenvalue weighted by Crippen LogP contribution is 2.60. The van der Waals surface area contributed by atoms with E-state index in [1.807, 2.05) is 24.3 Å². The van der Waals surface area contributed by atoms with Crippen molar-refractivity contribution in [3.63, 3.8) is 0 Å². The minimum atomic E-state index is -0.206. The van der Waals surface area contributed by atoms with Gasteiger partial charge in [-0.25, -0.2) is 0 Å². The van der Waals surface area contributed by atoms with Gasteiger partial charge >= 0.3 is 0 Å². The van der Waals surface area contributed by atoms with Crippen LogP contribution >= 0.6 is 15.9 Å². The predicted octanol–water partition coefficient (Wildman–Crippen LogP) is 3.63. The van der Waals surface area contributed by atoms with Gasteiger partial charge in [-0.05, 0) is 47.8 Å². The highest BCUT2D eigenvalue weighted by Gasteiger charge is 2.56. The molecule has 1 heterocycles. The molecule has 0 aromatic heterocycles. The molecule has 4 heteroatoms. The van der Waals surface area contributed by atoms with Crippen LogP contribution in [0.2, 0.25) is 0 Å². The molecule has 112 valence electrons. The topological polar surface area (TPSA) is 46.2 Å². The Morgan fingerprint density at radius 3 is 2.62 bits per heavy atom. The highest BCUT2D eigenvalue weighted by atomic mass is 79.9. The third kappa shape index (κ3) is 2.54. The zero-order valence-electron chi connectivity index (χ0n) is 12.4. The van der Waals surface area contributed by atoms with Gasteiger partial charge in [0.15, 0.2) is 0 Å². The molecule has 1 saturated carbocycles. The van der Waals surface area contributed by atoms with Crippen LogP contribution in [0.15, 0.2) is 28.7 Å². The monoisotopic (exact) mass is 349 g/mol. The number of hydrogen-bond donors (Lipinski definition) is 1. The van der Waals surface area contributed by atoms with E-state index in [9.17, 15) is 9.59 Å². The molecule has 1 spiro atoms. The normalized spacial score (nSPS) is 32.2. The summed E-state index contributed by atoms with van der Waals surface area (Å²) in [6.07, 6.45) is 2.42. The maximum atomic E-state index is 12.5. The van der Waals surface area contributed by atoms with Crippen LogP contribution in [0.3, 0.4) is 0 Å². The molecular formula is C17H20BrNO2. The van der Waals surface area contributed by atoms with Gasteiger partial charge in [-0.3, -0.25) is 14.9 Å². The van der Waals surface area contributed by atoms with Crippen LogP contribution in [-0.2, 0) is 9.59 Å². The number of benzene rings is 1. The van der Waals surface area contributed by atoms with Crippen LogP contribution in [0.1, 0.15) is 44.6 Å². The first-order chi connectivity index (χ1) is 9.91. The standard InChI is InChI=1S/C17H20BrNO2/c1-10(2)12-7-17(8-12)9-14(20)19-16(21)15(17)11-4-3-5-13(18)6-11/h3-6,10,12,15H,7-9H2,1-2H3,(H,19,20,21). The number of carbonyl (C=O) groups is 2. The van der Waals surface area contributed by atoms with Gasteiger partial charge in [-0.15, -0.1) is 0 Å². The van der Waals surface area contributed by atoms with E-state index in [2.05, 4.69) is 35.1 Å². The van der Waals surface area contributed by atoms with E-state index < -0.39 is 0 Å².